The first kappa shape index (κ1) is 17.1. The van der Waals surface area contributed by atoms with Crippen molar-refractivity contribution in [3.05, 3.63) is 84.4 Å². The van der Waals surface area contributed by atoms with Crippen LogP contribution in [0.1, 0.15) is 5.56 Å². The summed E-state index contributed by atoms with van der Waals surface area (Å²) in [6.45, 7) is 0. The molecule has 0 spiro atoms. The van der Waals surface area contributed by atoms with Gasteiger partial charge in [0.1, 0.15) is 0 Å². The first-order valence-corrected chi connectivity index (χ1v) is 9.98. The Labute approximate surface area is 156 Å². The Hall–Kier alpha value is -3.32. The fraction of sp³-hybridized carbons (Fsp3) is 0.0500. The molecule has 134 valence electrons. The molecular weight excluding hydrogens is 360 g/mol. The predicted octanol–water partition coefficient (Wildman–Crippen LogP) is 3.51. The molecule has 4 aromatic rings. The van der Waals surface area contributed by atoms with E-state index in [1.165, 1.54) is 0 Å². The summed E-state index contributed by atoms with van der Waals surface area (Å²) in [7, 11) is -3.46. The molecule has 27 heavy (non-hydrogen) atoms. The van der Waals surface area contributed by atoms with Crippen LogP contribution < -0.4 is 0 Å². The van der Waals surface area contributed by atoms with Gasteiger partial charge in [-0.3, -0.25) is 0 Å². The Bertz CT molecular complexity index is 1140. The molecule has 1 N–H and O–H groups in total. The van der Waals surface area contributed by atoms with E-state index in [0.29, 0.717) is 16.3 Å². The van der Waals surface area contributed by atoms with Crippen LogP contribution in [0.2, 0.25) is 0 Å². The summed E-state index contributed by atoms with van der Waals surface area (Å²) < 4.78 is 25.6. The van der Waals surface area contributed by atoms with Crippen LogP contribution in [-0.2, 0) is 15.6 Å². The lowest BCUT2D eigenvalue weighted by atomic mass is 10.1. The van der Waals surface area contributed by atoms with Gasteiger partial charge in [-0.2, -0.15) is 5.21 Å². The third-order valence-corrected chi connectivity index (χ3v) is 5.91. The zero-order valence-corrected chi connectivity index (χ0v) is 15.1. The first-order valence-electron chi connectivity index (χ1n) is 8.33. The number of hydrogen-bond donors (Lipinski definition) is 1. The standard InChI is InChI=1S/C20H16N4O2S/c25-27(26,14-15-5-4-8-18(13-15)20-21-23-24-22-20)19-11-9-17(10-12-19)16-6-2-1-3-7-16/h1-13H,14H2,(H,21,22,23,24). The van der Waals surface area contributed by atoms with E-state index in [4.69, 9.17) is 0 Å². The zero-order valence-electron chi connectivity index (χ0n) is 14.3. The summed E-state index contributed by atoms with van der Waals surface area (Å²) in [6, 6.07) is 24.0. The average Bonchev–Trinajstić information content (AvgIpc) is 3.24. The topological polar surface area (TPSA) is 88.6 Å². The fourth-order valence-corrected chi connectivity index (χ4v) is 4.21. The molecular formula is C20H16N4O2S. The molecule has 0 aliphatic rings. The Morgan fingerprint density at radius 1 is 0.778 bits per heavy atom. The van der Waals surface area contributed by atoms with Crippen LogP contribution in [-0.4, -0.2) is 29.0 Å². The minimum Gasteiger partial charge on any atom is -0.223 e. The number of sulfone groups is 1. The number of aromatic nitrogens is 4. The van der Waals surface area contributed by atoms with Gasteiger partial charge in [0.25, 0.3) is 0 Å². The van der Waals surface area contributed by atoms with Gasteiger partial charge in [-0.1, -0.05) is 60.7 Å². The third-order valence-electron chi connectivity index (χ3n) is 4.21. The van der Waals surface area contributed by atoms with Crippen molar-refractivity contribution in [2.45, 2.75) is 10.6 Å². The molecule has 0 saturated carbocycles. The molecule has 7 heteroatoms. The molecule has 6 nitrogen and oxygen atoms in total. The lowest BCUT2D eigenvalue weighted by Gasteiger charge is -2.07. The molecule has 0 atom stereocenters. The molecule has 0 bridgehead atoms. The van der Waals surface area contributed by atoms with Crippen molar-refractivity contribution in [1.82, 2.24) is 20.6 Å². The lowest BCUT2D eigenvalue weighted by molar-refractivity contribution is 0.595. The summed E-state index contributed by atoms with van der Waals surface area (Å²) in [5, 5.41) is 13.8. The van der Waals surface area contributed by atoms with Gasteiger partial charge in [0.15, 0.2) is 9.84 Å². The third kappa shape index (κ3) is 3.78. The van der Waals surface area contributed by atoms with E-state index >= 15 is 0 Å². The van der Waals surface area contributed by atoms with E-state index in [1.807, 2.05) is 48.5 Å². The molecule has 0 unspecified atom stereocenters. The molecule has 0 radical (unpaired) electrons. The number of tetrazole rings is 1. The highest BCUT2D eigenvalue weighted by molar-refractivity contribution is 7.90. The van der Waals surface area contributed by atoms with Crippen LogP contribution in [0.3, 0.4) is 0 Å². The Morgan fingerprint density at radius 2 is 1.48 bits per heavy atom. The molecule has 0 aliphatic carbocycles. The van der Waals surface area contributed by atoms with Crippen LogP contribution >= 0.6 is 0 Å². The van der Waals surface area contributed by atoms with Gasteiger partial charge in [0.05, 0.1) is 10.6 Å². The van der Waals surface area contributed by atoms with E-state index in [-0.39, 0.29) is 5.75 Å². The second kappa shape index (κ2) is 7.13. The number of rotatable bonds is 5. The number of H-pyrrole nitrogens is 1. The van der Waals surface area contributed by atoms with Crippen molar-refractivity contribution < 1.29 is 8.42 Å². The van der Waals surface area contributed by atoms with Gasteiger partial charge >= 0.3 is 0 Å². The van der Waals surface area contributed by atoms with Crippen molar-refractivity contribution in [2.24, 2.45) is 0 Å². The normalized spacial score (nSPS) is 11.4. The average molecular weight is 376 g/mol. The van der Waals surface area contributed by atoms with Gasteiger partial charge in [0.2, 0.25) is 5.82 Å². The monoisotopic (exact) mass is 376 g/mol. The van der Waals surface area contributed by atoms with Gasteiger partial charge in [0, 0.05) is 5.56 Å². The van der Waals surface area contributed by atoms with E-state index in [1.54, 1.807) is 30.3 Å². The fourth-order valence-electron chi connectivity index (χ4n) is 2.87. The van der Waals surface area contributed by atoms with Crippen LogP contribution in [0.15, 0.2) is 83.8 Å². The maximum atomic E-state index is 12.8. The number of nitrogens with zero attached hydrogens (tertiary/aromatic N) is 3. The number of aromatic amines is 1. The van der Waals surface area contributed by atoms with E-state index in [9.17, 15) is 8.42 Å². The summed E-state index contributed by atoms with van der Waals surface area (Å²) in [5.74, 6) is 0.338. The Kier molecular flexibility index (Phi) is 4.52. The van der Waals surface area contributed by atoms with Gasteiger partial charge in [-0.05, 0) is 40.1 Å². The number of nitrogens with one attached hydrogen (secondary N) is 1. The zero-order chi connectivity index (χ0) is 18.7. The largest absolute Gasteiger partial charge is 0.223 e. The minimum atomic E-state index is -3.46. The van der Waals surface area contributed by atoms with E-state index in [0.717, 1.165) is 16.7 Å². The number of benzene rings is 3. The van der Waals surface area contributed by atoms with Crippen molar-refractivity contribution >= 4 is 9.84 Å². The Balaban J connectivity index is 1.58. The SMILES string of the molecule is O=S(=O)(Cc1cccc(-c2nn[nH]n2)c1)c1ccc(-c2ccccc2)cc1. The quantitative estimate of drug-likeness (QED) is 0.576. The summed E-state index contributed by atoms with van der Waals surface area (Å²) >= 11 is 0. The highest BCUT2D eigenvalue weighted by atomic mass is 32.2. The highest BCUT2D eigenvalue weighted by Crippen LogP contribution is 2.24. The minimum absolute atomic E-state index is 0.0939. The second-order valence-electron chi connectivity index (χ2n) is 6.09. The lowest BCUT2D eigenvalue weighted by Crippen LogP contribution is -2.05. The summed E-state index contributed by atoms with van der Waals surface area (Å²) in [5.41, 5.74) is 3.42. The predicted molar refractivity (Wildman–Crippen MR) is 102 cm³/mol. The van der Waals surface area contributed by atoms with Crippen molar-refractivity contribution in [2.75, 3.05) is 0 Å². The van der Waals surface area contributed by atoms with E-state index in [2.05, 4.69) is 20.6 Å². The molecule has 4 rings (SSSR count). The van der Waals surface area contributed by atoms with Crippen molar-refractivity contribution in [3.8, 4) is 22.5 Å². The van der Waals surface area contributed by atoms with E-state index < -0.39 is 9.84 Å². The maximum absolute atomic E-state index is 12.8. The molecule has 3 aromatic carbocycles. The van der Waals surface area contributed by atoms with Crippen molar-refractivity contribution in [1.29, 1.82) is 0 Å². The second-order valence-corrected chi connectivity index (χ2v) is 8.07. The smallest absolute Gasteiger partial charge is 0.204 e. The molecule has 0 aliphatic heterocycles. The first-order chi connectivity index (χ1) is 13.1. The molecule has 1 heterocycles. The van der Waals surface area contributed by atoms with Gasteiger partial charge in [-0.15, -0.1) is 10.2 Å². The van der Waals surface area contributed by atoms with Crippen LogP contribution in [0, 0.1) is 0 Å². The summed E-state index contributed by atoms with van der Waals surface area (Å²) in [6.07, 6.45) is 0. The highest BCUT2D eigenvalue weighted by Gasteiger charge is 2.16. The molecule has 0 saturated heterocycles. The molecule has 0 amide bonds. The summed E-state index contributed by atoms with van der Waals surface area (Å²) in [4.78, 5) is 0.298. The van der Waals surface area contributed by atoms with Gasteiger partial charge < -0.3 is 0 Å². The molecule has 0 fully saturated rings. The van der Waals surface area contributed by atoms with Crippen molar-refractivity contribution in [3.63, 3.8) is 0 Å². The van der Waals surface area contributed by atoms with Crippen LogP contribution in [0.5, 0.6) is 0 Å². The molecule has 1 aromatic heterocycles. The van der Waals surface area contributed by atoms with Crippen LogP contribution in [0.25, 0.3) is 22.5 Å². The van der Waals surface area contributed by atoms with Crippen LogP contribution in [0.4, 0.5) is 0 Å². The Morgan fingerprint density at radius 3 is 2.19 bits per heavy atom. The van der Waals surface area contributed by atoms with Gasteiger partial charge in [-0.25, -0.2) is 8.42 Å². The number of hydrogen-bond acceptors (Lipinski definition) is 5. The maximum Gasteiger partial charge on any atom is 0.204 e.